The maximum absolute atomic E-state index is 12.6. The number of carbonyl (C=O) groups excluding carboxylic acids is 1. The molecular formula is C17H26N2OS. The number of hydrogen-bond donors (Lipinski definition) is 1. The molecular weight excluding hydrogens is 280 g/mol. The molecule has 1 aliphatic heterocycles. The first-order valence-electron chi connectivity index (χ1n) is 7.78. The van der Waals surface area contributed by atoms with Crippen LogP contribution in [0.15, 0.2) is 24.3 Å². The number of hydrogen-bond acceptors (Lipinski definition) is 3. The van der Waals surface area contributed by atoms with Crippen LogP contribution in [0.3, 0.4) is 0 Å². The predicted octanol–water partition coefficient (Wildman–Crippen LogP) is 3.54. The van der Waals surface area contributed by atoms with Crippen molar-refractivity contribution in [2.45, 2.75) is 45.7 Å². The Bertz CT molecular complexity index is 470. The predicted molar refractivity (Wildman–Crippen MR) is 91.2 cm³/mol. The van der Waals surface area contributed by atoms with E-state index in [4.69, 9.17) is 5.73 Å². The Hall–Kier alpha value is -1.16. The van der Waals surface area contributed by atoms with Gasteiger partial charge >= 0.3 is 0 Å². The molecule has 1 heterocycles. The third kappa shape index (κ3) is 4.67. The maximum atomic E-state index is 12.6. The second kappa shape index (κ2) is 7.74. The summed E-state index contributed by atoms with van der Waals surface area (Å²) in [6.07, 6.45) is 3.04. The molecule has 1 aromatic carbocycles. The Kier molecular flexibility index (Phi) is 5.97. The van der Waals surface area contributed by atoms with E-state index in [-0.39, 0.29) is 11.9 Å². The van der Waals surface area contributed by atoms with Crippen LogP contribution in [0.4, 0.5) is 5.69 Å². The molecule has 0 unspecified atom stereocenters. The molecule has 0 spiro atoms. The van der Waals surface area contributed by atoms with Gasteiger partial charge in [-0.2, -0.15) is 11.8 Å². The van der Waals surface area contributed by atoms with Gasteiger partial charge in [0.2, 0.25) is 5.91 Å². The quantitative estimate of drug-likeness (QED) is 0.846. The zero-order chi connectivity index (χ0) is 15.2. The normalized spacial score (nSPS) is 16.1. The molecule has 0 saturated carbocycles. The van der Waals surface area contributed by atoms with Gasteiger partial charge in [-0.3, -0.25) is 4.79 Å². The van der Waals surface area contributed by atoms with E-state index in [9.17, 15) is 4.79 Å². The number of benzene rings is 1. The van der Waals surface area contributed by atoms with Crippen LogP contribution in [0.1, 0.15) is 38.7 Å². The molecule has 0 radical (unpaired) electrons. The summed E-state index contributed by atoms with van der Waals surface area (Å²) in [6, 6.07) is 8.02. The first-order valence-corrected chi connectivity index (χ1v) is 8.94. The van der Waals surface area contributed by atoms with Crippen LogP contribution in [0.25, 0.3) is 0 Å². The SMILES string of the molecule is CC(C)N(Cc1ccccc1N)C(=O)CC1CCSCC1. The average Bonchev–Trinajstić information content (AvgIpc) is 2.47. The highest BCUT2D eigenvalue weighted by Crippen LogP contribution is 2.26. The molecule has 0 aromatic heterocycles. The molecule has 1 amide bonds. The lowest BCUT2D eigenvalue weighted by atomic mass is 9.97. The van der Waals surface area contributed by atoms with Gasteiger partial charge < -0.3 is 10.6 Å². The second-order valence-corrected chi connectivity index (χ2v) is 7.30. The van der Waals surface area contributed by atoms with Gasteiger partial charge in [-0.15, -0.1) is 0 Å². The van der Waals surface area contributed by atoms with Gasteiger partial charge in [0.15, 0.2) is 0 Å². The molecule has 1 saturated heterocycles. The summed E-state index contributed by atoms with van der Waals surface area (Å²) < 4.78 is 0. The molecule has 1 aliphatic rings. The first-order chi connectivity index (χ1) is 10.1. The fraction of sp³-hybridized carbons (Fsp3) is 0.588. The molecule has 0 bridgehead atoms. The summed E-state index contributed by atoms with van der Waals surface area (Å²) in [6.45, 7) is 4.77. The summed E-state index contributed by atoms with van der Waals surface area (Å²) >= 11 is 2.00. The third-order valence-corrected chi connectivity index (χ3v) is 5.19. The van der Waals surface area contributed by atoms with E-state index in [1.54, 1.807) is 0 Å². The van der Waals surface area contributed by atoms with Gasteiger partial charge in [-0.25, -0.2) is 0 Å². The highest BCUT2D eigenvalue weighted by molar-refractivity contribution is 7.99. The van der Waals surface area contributed by atoms with Crippen molar-refractivity contribution in [3.05, 3.63) is 29.8 Å². The van der Waals surface area contributed by atoms with Crippen molar-refractivity contribution in [1.29, 1.82) is 0 Å². The van der Waals surface area contributed by atoms with Gasteiger partial charge in [0, 0.05) is 24.7 Å². The summed E-state index contributed by atoms with van der Waals surface area (Å²) in [5.41, 5.74) is 7.82. The van der Waals surface area contributed by atoms with E-state index >= 15 is 0 Å². The van der Waals surface area contributed by atoms with Gasteiger partial charge in [-0.05, 0) is 55.7 Å². The lowest BCUT2D eigenvalue weighted by Crippen LogP contribution is -2.37. The lowest BCUT2D eigenvalue weighted by molar-refractivity contribution is -0.134. The van der Waals surface area contributed by atoms with Crippen molar-refractivity contribution in [2.75, 3.05) is 17.2 Å². The summed E-state index contributed by atoms with van der Waals surface area (Å²) in [5.74, 6) is 3.23. The minimum atomic E-state index is 0.204. The first kappa shape index (κ1) is 16.2. The number of nitrogens with two attached hydrogens (primary N) is 1. The van der Waals surface area contributed by atoms with E-state index in [0.29, 0.717) is 18.9 Å². The van der Waals surface area contributed by atoms with Crippen molar-refractivity contribution in [3.8, 4) is 0 Å². The standard InChI is InChI=1S/C17H26N2OS/c1-13(2)19(12-15-5-3-4-6-16(15)18)17(20)11-14-7-9-21-10-8-14/h3-6,13-14H,7-12,18H2,1-2H3. The molecule has 2 rings (SSSR count). The van der Waals surface area contributed by atoms with Crippen LogP contribution in [-0.2, 0) is 11.3 Å². The molecule has 1 fully saturated rings. The van der Waals surface area contributed by atoms with E-state index in [1.165, 1.54) is 24.3 Å². The van der Waals surface area contributed by atoms with Crippen LogP contribution in [0.5, 0.6) is 0 Å². The molecule has 0 atom stereocenters. The maximum Gasteiger partial charge on any atom is 0.223 e. The number of nitrogen functional groups attached to an aromatic ring is 1. The van der Waals surface area contributed by atoms with Gasteiger partial charge in [0.25, 0.3) is 0 Å². The van der Waals surface area contributed by atoms with Gasteiger partial charge in [-0.1, -0.05) is 18.2 Å². The number of para-hydroxylation sites is 1. The summed E-state index contributed by atoms with van der Waals surface area (Å²) in [4.78, 5) is 14.6. The molecule has 0 aliphatic carbocycles. The van der Waals surface area contributed by atoms with E-state index in [1.807, 2.05) is 40.9 Å². The van der Waals surface area contributed by atoms with Crippen LogP contribution in [0, 0.1) is 5.92 Å². The molecule has 4 heteroatoms. The number of amides is 1. The van der Waals surface area contributed by atoms with Crippen LogP contribution >= 0.6 is 11.8 Å². The topological polar surface area (TPSA) is 46.3 Å². The minimum absolute atomic E-state index is 0.204. The minimum Gasteiger partial charge on any atom is -0.398 e. The Morgan fingerprint density at radius 3 is 2.62 bits per heavy atom. The highest BCUT2D eigenvalue weighted by atomic mass is 32.2. The summed E-state index contributed by atoms with van der Waals surface area (Å²) in [5, 5.41) is 0. The zero-order valence-corrected chi connectivity index (χ0v) is 13.9. The zero-order valence-electron chi connectivity index (χ0n) is 13.0. The molecule has 3 nitrogen and oxygen atoms in total. The third-order valence-electron chi connectivity index (χ3n) is 4.14. The fourth-order valence-electron chi connectivity index (χ4n) is 2.74. The van der Waals surface area contributed by atoms with Gasteiger partial charge in [0.05, 0.1) is 0 Å². The molecule has 1 aromatic rings. The fourth-order valence-corrected chi connectivity index (χ4v) is 3.94. The van der Waals surface area contributed by atoms with Crippen molar-refractivity contribution in [3.63, 3.8) is 0 Å². The Morgan fingerprint density at radius 1 is 1.33 bits per heavy atom. The number of rotatable bonds is 5. The Balaban J connectivity index is 2.00. The van der Waals surface area contributed by atoms with Crippen LogP contribution in [0.2, 0.25) is 0 Å². The van der Waals surface area contributed by atoms with Crippen LogP contribution < -0.4 is 5.73 Å². The number of anilines is 1. The lowest BCUT2D eigenvalue weighted by Gasteiger charge is -2.30. The van der Waals surface area contributed by atoms with E-state index < -0.39 is 0 Å². The van der Waals surface area contributed by atoms with Crippen molar-refractivity contribution < 1.29 is 4.79 Å². The molecule has 116 valence electrons. The molecule has 21 heavy (non-hydrogen) atoms. The Morgan fingerprint density at radius 2 is 2.00 bits per heavy atom. The number of thioether (sulfide) groups is 1. The highest BCUT2D eigenvalue weighted by Gasteiger charge is 2.23. The van der Waals surface area contributed by atoms with Crippen molar-refractivity contribution >= 4 is 23.4 Å². The van der Waals surface area contributed by atoms with Crippen molar-refractivity contribution in [1.82, 2.24) is 4.90 Å². The number of nitrogens with zero attached hydrogens (tertiary/aromatic N) is 1. The average molecular weight is 306 g/mol. The largest absolute Gasteiger partial charge is 0.398 e. The van der Waals surface area contributed by atoms with Crippen molar-refractivity contribution in [2.24, 2.45) is 5.92 Å². The van der Waals surface area contributed by atoms with Gasteiger partial charge in [0.1, 0.15) is 0 Å². The van der Waals surface area contributed by atoms with E-state index in [0.717, 1.165) is 11.3 Å². The van der Waals surface area contributed by atoms with Crippen LogP contribution in [-0.4, -0.2) is 28.4 Å². The molecule has 2 N–H and O–H groups in total. The van der Waals surface area contributed by atoms with E-state index in [2.05, 4.69) is 13.8 Å². The smallest absolute Gasteiger partial charge is 0.223 e. The number of carbonyl (C=O) groups is 1. The second-order valence-electron chi connectivity index (χ2n) is 6.07. The summed E-state index contributed by atoms with van der Waals surface area (Å²) in [7, 11) is 0. The Labute approximate surface area is 132 Å². The monoisotopic (exact) mass is 306 g/mol.